The molecule has 5 heterocycles. The normalized spacial score (nSPS) is 23.6. The molecule has 0 aliphatic carbocycles. The van der Waals surface area contributed by atoms with Gasteiger partial charge in [-0.05, 0) is 38.2 Å². The minimum Gasteiger partial charge on any atom is -0.342 e. The highest BCUT2D eigenvalue weighted by molar-refractivity contribution is 5.79. The van der Waals surface area contributed by atoms with E-state index >= 15 is 0 Å². The maximum Gasteiger partial charge on any atom is 0.226 e. The first kappa shape index (κ1) is 17.0. The average Bonchev–Trinajstić information content (AvgIpc) is 3.28. The standard InChI is InChI=1S/C20H28N6O/c27-20(16-8-13-26-17(14-16)5-9-21-26)24-11-6-15(7-12-24)19-23-22-18-4-2-1-3-10-25(18)19/h5,9,15-16H,1-4,6-8,10-14H2. The summed E-state index contributed by atoms with van der Waals surface area (Å²) >= 11 is 0. The first-order valence-electron chi connectivity index (χ1n) is 10.5. The molecule has 2 aromatic rings. The highest BCUT2D eigenvalue weighted by atomic mass is 16.2. The number of aromatic nitrogens is 5. The molecule has 0 radical (unpaired) electrons. The maximum atomic E-state index is 13.0. The largest absolute Gasteiger partial charge is 0.342 e. The zero-order valence-corrected chi connectivity index (χ0v) is 15.9. The fourth-order valence-electron chi connectivity index (χ4n) is 5.00. The first-order valence-corrected chi connectivity index (χ1v) is 10.5. The van der Waals surface area contributed by atoms with Crippen molar-refractivity contribution in [1.29, 1.82) is 0 Å². The second-order valence-electron chi connectivity index (χ2n) is 8.27. The van der Waals surface area contributed by atoms with E-state index in [4.69, 9.17) is 0 Å². The van der Waals surface area contributed by atoms with Crippen LogP contribution in [0, 0.1) is 5.92 Å². The summed E-state index contributed by atoms with van der Waals surface area (Å²) in [5.41, 5.74) is 1.20. The highest BCUT2D eigenvalue weighted by Crippen LogP contribution is 2.30. The summed E-state index contributed by atoms with van der Waals surface area (Å²) in [6, 6.07) is 2.04. The van der Waals surface area contributed by atoms with Crippen LogP contribution in [-0.2, 0) is 30.7 Å². The third-order valence-corrected chi connectivity index (χ3v) is 6.61. The van der Waals surface area contributed by atoms with Crippen LogP contribution in [-0.4, -0.2) is 48.4 Å². The Hall–Kier alpha value is -2.18. The van der Waals surface area contributed by atoms with Crippen LogP contribution in [0.3, 0.4) is 0 Å². The molecule has 2 aromatic heterocycles. The van der Waals surface area contributed by atoms with E-state index in [1.807, 2.05) is 16.9 Å². The van der Waals surface area contributed by atoms with Crippen molar-refractivity contribution in [3.8, 4) is 0 Å². The van der Waals surface area contributed by atoms with Crippen molar-refractivity contribution in [2.75, 3.05) is 13.1 Å². The number of rotatable bonds is 2. The van der Waals surface area contributed by atoms with Gasteiger partial charge in [0.2, 0.25) is 5.91 Å². The number of nitrogens with zero attached hydrogens (tertiary/aromatic N) is 6. The second-order valence-corrected chi connectivity index (χ2v) is 8.27. The Labute approximate surface area is 159 Å². The van der Waals surface area contributed by atoms with Gasteiger partial charge >= 0.3 is 0 Å². The maximum absolute atomic E-state index is 13.0. The molecule has 1 fully saturated rings. The third kappa shape index (κ3) is 3.17. The number of aryl methyl sites for hydroxylation is 2. The van der Waals surface area contributed by atoms with Crippen molar-refractivity contribution < 1.29 is 4.79 Å². The molecule has 3 aliphatic heterocycles. The molecule has 7 nitrogen and oxygen atoms in total. The number of carbonyl (C=O) groups excluding carboxylic acids is 1. The minimum absolute atomic E-state index is 0.120. The van der Waals surface area contributed by atoms with Crippen molar-refractivity contribution >= 4 is 5.91 Å². The lowest BCUT2D eigenvalue weighted by Crippen LogP contribution is -2.43. The Morgan fingerprint density at radius 2 is 1.89 bits per heavy atom. The van der Waals surface area contributed by atoms with Gasteiger partial charge in [0.25, 0.3) is 0 Å². The number of fused-ring (bicyclic) bond motifs is 2. The van der Waals surface area contributed by atoms with Gasteiger partial charge in [-0.3, -0.25) is 9.48 Å². The third-order valence-electron chi connectivity index (χ3n) is 6.61. The SMILES string of the molecule is O=C(C1CCn2nccc2C1)N1CCC(c2nnc3n2CCCCC3)CC1. The van der Waals surface area contributed by atoms with Gasteiger partial charge in [-0.25, -0.2) is 0 Å². The Balaban J connectivity index is 1.22. The molecule has 1 saturated heterocycles. The van der Waals surface area contributed by atoms with Crippen molar-refractivity contribution in [2.45, 2.75) is 70.4 Å². The van der Waals surface area contributed by atoms with E-state index in [1.54, 1.807) is 0 Å². The number of likely N-dealkylation sites (tertiary alicyclic amines) is 1. The molecule has 5 rings (SSSR count). The van der Waals surface area contributed by atoms with Crippen LogP contribution in [0.15, 0.2) is 12.3 Å². The molecule has 0 saturated carbocycles. The van der Waals surface area contributed by atoms with Crippen LogP contribution in [0.5, 0.6) is 0 Å². The van der Waals surface area contributed by atoms with E-state index < -0.39 is 0 Å². The van der Waals surface area contributed by atoms with Crippen molar-refractivity contribution in [2.24, 2.45) is 5.92 Å². The van der Waals surface area contributed by atoms with E-state index in [0.717, 1.165) is 58.3 Å². The molecule has 27 heavy (non-hydrogen) atoms. The van der Waals surface area contributed by atoms with Crippen molar-refractivity contribution in [3.05, 3.63) is 29.6 Å². The van der Waals surface area contributed by atoms with Gasteiger partial charge in [0.15, 0.2) is 0 Å². The lowest BCUT2D eigenvalue weighted by molar-refractivity contribution is -0.137. The van der Waals surface area contributed by atoms with Gasteiger partial charge in [0.1, 0.15) is 11.6 Å². The van der Waals surface area contributed by atoms with E-state index in [9.17, 15) is 4.79 Å². The van der Waals surface area contributed by atoms with Gasteiger partial charge in [-0.2, -0.15) is 5.10 Å². The number of hydrogen-bond acceptors (Lipinski definition) is 4. The lowest BCUT2D eigenvalue weighted by Gasteiger charge is -2.35. The van der Waals surface area contributed by atoms with Gasteiger partial charge in [-0.1, -0.05) is 6.42 Å². The van der Waals surface area contributed by atoms with Crippen LogP contribution < -0.4 is 0 Å². The van der Waals surface area contributed by atoms with Gasteiger partial charge in [0.05, 0.1) is 0 Å². The monoisotopic (exact) mass is 368 g/mol. The molecule has 1 atom stereocenters. The first-order chi connectivity index (χ1) is 13.3. The molecule has 144 valence electrons. The topological polar surface area (TPSA) is 68.8 Å². The molecule has 0 aromatic carbocycles. The number of carbonyl (C=O) groups is 1. The fourth-order valence-corrected chi connectivity index (χ4v) is 5.00. The number of amides is 1. The zero-order valence-electron chi connectivity index (χ0n) is 15.9. The summed E-state index contributed by atoms with van der Waals surface area (Å²) in [4.78, 5) is 15.1. The minimum atomic E-state index is 0.120. The highest BCUT2D eigenvalue weighted by Gasteiger charge is 2.33. The van der Waals surface area contributed by atoms with Crippen molar-refractivity contribution in [1.82, 2.24) is 29.4 Å². The molecule has 3 aliphatic rings. The van der Waals surface area contributed by atoms with Gasteiger partial charge < -0.3 is 9.47 Å². The lowest BCUT2D eigenvalue weighted by atomic mass is 9.91. The predicted octanol–water partition coefficient (Wildman–Crippen LogP) is 2.17. The molecule has 0 N–H and O–H groups in total. The summed E-state index contributed by atoms with van der Waals surface area (Å²) < 4.78 is 4.41. The molecular formula is C20H28N6O. The predicted molar refractivity (Wildman–Crippen MR) is 100 cm³/mol. The molecule has 0 spiro atoms. The summed E-state index contributed by atoms with van der Waals surface area (Å²) in [7, 11) is 0. The summed E-state index contributed by atoms with van der Waals surface area (Å²) in [6.07, 6.45) is 10.4. The van der Waals surface area contributed by atoms with Gasteiger partial charge in [-0.15, -0.1) is 10.2 Å². The summed E-state index contributed by atoms with van der Waals surface area (Å²) in [5.74, 6) is 3.23. The van der Waals surface area contributed by atoms with E-state index in [0.29, 0.717) is 11.8 Å². The van der Waals surface area contributed by atoms with Crippen LogP contribution in [0.2, 0.25) is 0 Å². The Kier molecular flexibility index (Phi) is 4.45. The molecule has 1 unspecified atom stereocenters. The Morgan fingerprint density at radius 3 is 2.78 bits per heavy atom. The molecular weight excluding hydrogens is 340 g/mol. The molecule has 0 bridgehead atoms. The quantitative estimate of drug-likeness (QED) is 0.815. The Morgan fingerprint density at radius 1 is 1.00 bits per heavy atom. The Bertz CT molecular complexity index is 816. The molecule has 7 heteroatoms. The van der Waals surface area contributed by atoms with Gasteiger partial charge in [0, 0.05) is 62.7 Å². The smallest absolute Gasteiger partial charge is 0.226 e. The summed E-state index contributed by atoms with van der Waals surface area (Å²) in [5, 5.41) is 13.3. The van der Waals surface area contributed by atoms with E-state index in [1.165, 1.54) is 36.6 Å². The zero-order chi connectivity index (χ0) is 18.2. The van der Waals surface area contributed by atoms with Crippen LogP contribution in [0.1, 0.15) is 61.8 Å². The average molecular weight is 368 g/mol. The van der Waals surface area contributed by atoms with Crippen LogP contribution in [0.25, 0.3) is 0 Å². The van der Waals surface area contributed by atoms with E-state index in [-0.39, 0.29) is 5.92 Å². The fraction of sp³-hybridized carbons (Fsp3) is 0.700. The molecule has 1 amide bonds. The van der Waals surface area contributed by atoms with Crippen LogP contribution >= 0.6 is 0 Å². The second kappa shape index (κ2) is 7.09. The van der Waals surface area contributed by atoms with E-state index in [2.05, 4.69) is 24.8 Å². The summed E-state index contributed by atoms with van der Waals surface area (Å²) in [6.45, 7) is 3.62. The number of hydrogen-bond donors (Lipinski definition) is 0. The van der Waals surface area contributed by atoms with Crippen LogP contribution in [0.4, 0.5) is 0 Å². The number of piperidine rings is 1. The van der Waals surface area contributed by atoms with Crippen molar-refractivity contribution in [3.63, 3.8) is 0 Å².